The summed E-state index contributed by atoms with van der Waals surface area (Å²) in [5.41, 5.74) is 0.767. The summed E-state index contributed by atoms with van der Waals surface area (Å²) in [6.07, 6.45) is -0.131. The number of rotatable bonds is 3. The van der Waals surface area contributed by atoms with Gasteiger partial charge < -0.3 is 14.8 Å². The van der Waals surface area contributed by atoms with Crippen LogP contribution in [0.2, 0.25) is 0 Å². The SMILES string of the molecule is COc1ccc(C2CNCCO2)cc1[N+](=O)[O-]. The molecule has 1 aliphatic rings. The van der Waals surface area contributed by atoms with E-state index in [2.05, 4.69) is 5.32 Å². The third kappa shape index (κ3) is 2.54. The van der Waals surface area contributed by atoms with Gasteiger partial charge in [-0.1, -0.05) is 6.07 Å². The van der Waals surface area contributed by atoms with Crippen molar-refractivity contribution >= 4 is 5.69 Å². The molecule has 0 amide bonds. The maximum Gasteiger partial charge on any atom is 0.311 e. The zero-order valence-electron chi connectivity index (χ0n) is 9.51. The number of morpholine rings is 1. The van der Waals surface area contributed by atoms with Crippen LogP contribution < -0.4 is 10.1 Å². The van der Waals surface area contributed by atoms with Crippen LogP contribution in [0.15, 0.2) is 18.2 Å². The second-order valence-electron chi connectivity index (χ2n) is 3.75. The topological polar surface area (TPSA) is 73.6 Å². The molecule has 2 rings (SSSR count). The van der Waals surface area contributed by atoms with Crippen molar-refractivity contribution in [1.29, 1.82) is 0 Å². The molecular formula is C11H14N2O4. The van der Waals surface area contributed by atoms with Gasteiger partial charge in [-0.05, 0) is 11.6 Å². The van der Waals surface area contributed by atoms with E-state index in [9.17, 15) is 10.1 Å². The summed E-state index contributed by atoms with van der Waals surface area (Å²) in [5, 5.41) is 14.1. The lowest BCUT2D eigenvalue weighted by molar-refractivity contribution is -0.385. The van der Waals surface area contributed by atoms with E-state index in [0.717, 1.165) is 12.1 Å². The van der Waals surface area contributed by atoms with Crippen molar-refractivity contribution in [3.8, 4) is 5.75 Å². The van der Waals surface area contributed by atoms with Gasteiger partial charge in [0.15, 0.2) is 5.75 Å². The van der Waals surface area contributed by atoms with Crippen LogP contribution in [0.3, 0.4) is 0 Å². The average molecular weight is 238 g/mol. The molecule has 1 aromatic carbocycles. The van der Waals surface area contributed by atoms with Gasteiger partial charge in [-0.25, -0.2) is 0 Å². The van der Waals surface area contributed by atoms with Gasteiger partial charge in [-0.2, -0.15) is 0 Å². The summed E-state index contributed by atoms with van der Waals surface area (Å²) in [5.74, 6) is 0.266. The Morgan fingerprint density at radius 1 is 1.59 bits per heavy atom. The summed E-state index contributed by atoms with van der Waals surface area (Å²) >= 11 is 0. The molecule has 0 bridgehead atoms. The van der Waals surface area contributed by atoms with Gasteiger partial charge in [0.1, 0.15) is 0 Å². The van der Waals surface area contributed by atoms with Crippen LogP contribution in [0.5, 0.6) is 5.75 Å². The molecule has 1 atom stereocenters. The monoisotopic (exact) mass is 238 g/mol. The number of benzene rings is 1. The third-order valence-corrected chi connectivity index (χ3v) is 2.70. The second-order valence-corrected chi connectivity index (χ2v) is 3.75. The molecule has 1 N–H and O–H groups in total. The molecule has 1 unspecified atom stereocenters. The Balaban J connectivity index is 2.29. The van der Waals surface area contributed by atoms with Crippen molar-refractivity contribution in [2.24, 2.45) is 0 Å². The Morgan fingerprint density at radius 3 is 3.00 bits per heavy atom. The molecule has 17 heavy (non-hydrogen) atoms. The lowest BCUT2D eigenvalue weighted by Crippen LogP contribution is -2.33. The van der Waals surface area contributed by atoms with Crippen LogP contribution >= 0.6 is 0 Å². The lowest BCUT2D eigenvalue weighted by atomic mass is 10.1. The molecular weight excluding hydrogens is 224 g/mol. The third-order valence-electron chi connectivity index (χ3n) is 2.70. The standard InChI is InChI=1S/C11H14N2O4/c1-16-10-3-2-8(6-9(10)13(14)15)11-7-12-4-5-17-11/h2-3,6,11-12H,4-5,7H2,1H3. The Labute approximate surface area is 98.7 Å². The number of nitrogens with zero attached hydrogens (tertiary/aromatic N) is 1. The first-order valence-corrected chi connectivity index (χ1v) is 5.37. The molecule has 1 saturated heterocycles. The number of hydrogen-bond acceptors (Lipinski definition) is 5. The van der Waals surface area contributed by atoms with Crippen LogP contribution in [0, 0.1) is 10.1 Å². The van der Waals surface area contributed by atoms with E-state index in [4.69, 9.17) is 9.47 Å². The molecule has 0 aromatic heterocycles. The molecule has 0 aliphatic carbocycles. The van der Waals surface area contributed by atoms with E-state index in [1.807, 2.05) is 0 Å². The van der Waals surface area contributed by atoms with E-state index < -0.39 is 4.92 Å². The fourth-order valence-corrected chi connectivity index (χ4v) is 1.83. The van der Waals surface area contributed by atoms with Crippen molar-refractivity contribution < 1.29 is 14.4 Å². The van der Waals surface area contributed by atoms with Gasteiger partial charge in [0.2, 0.25) is 0 Å². The first-order chi connectivity index (χ1) is 8.22. The zero-order chi connectivity index (χ0) is 12.3. The quantitative estimate of drug-likeness (QED) is 0.634. The Bertz CT molecular complexity index is 416. The van der Waals surface area contributed by atoms with Crippen molar-refractivity contribution in [3.05, 3.63) is 33.9 Å². The second kappa shape index (κ2) is 5.11. The molecule has 92 valence electrons. The van der Waals surface area contributed by atoms with Gasteiger partial charge in [0.25, 0.3) is 0 Å². The van der Waals surface area contributed by atoms with E-state index in [1.54, 1.807) is 12.1 Å². The van der Waals surface area contributed by atoms with Crippen molar-refractivity contribution in [2.75, 3.05) is 26.8 Å². The predicted molar refractivity (Wildman–Crippen MR) is 61.2 cm³/mol. The van der Waals surface area contributed by atoms with Crippen LogP contribution in [0.1, 0.15) is 11.7 Å². The molecule has 1 aromatic rings. The highest BCUT2D eigenvalue weighted by molar-refractivity contribution is 5.49. The Hall–Kier alpha value is -1.66. The fourth-order valence-electron chi connectivity index (χ4n) is 1.83. The minimum absolute atomic E-state index is 0.0285. The largest absolute Gasteiger partial charge is 0.490 e. The van der Waals surface area contributed by atoms with Crippen LogP contribution in [0.25, 0.3) is 0 Å². The molecule has 0 saturated carbocycles. The number of methoxy groups -OCH3 is 1. The minimum atomic E-state index is -0.446. The van der Waals surface area contributed by atoms with Crippen molar-refractivity contribution in [2.45, 2.75) is 6.10 Å². The van der Waals surface area contributed by atoms with E-state index in [-0.39, 0.29) is 17.5 Å². The van der Waals surface area contributed by atoms with Gasteiger partial charge in [0, 0.05) is 19.2 Å². The van der Waals surface area contributed by atoms with Gasteiger partial charge >= 0.3 is 5.69 Å². The Morgan fingerprint density at radius 2 is 2.41 bits per heavy atom. The summed E-state index contributed by atoms with van der Waals surface area (Å²) in [6, 6.07) is 4.91. The summed E-state index contributed by atoms with van der Waals surface area (Å²) in [6.45, 7) is 2.10. The van der Waals surface area contributed by atoms with E-state index in [0.29, 0.717) is 13.2 Å². The molecule has 6 nitrogen and oxygen atoms in total. The maximum absolute atomic E-state index is 10.9. The number of nitro benzene ring substituents is 1. The van der Waals surface area contributed by atoms with Crippen molar-refractivity contribution in [3.63, 3.8) is 0 Å². The predicted octanol–water partition coefficient (Wildman–Crippen LogP) is 1.26. The minimum Gasteiger partial charge on any atom is -0.490 e. The smallest absolute Gasteiger partial charge is 0.311 e. The summed E-state index contributed by atoms with van der Waals surface area (Å²) in [4.78, 5) is 10.4. The molecule has 6 heteroatoms. The molecule has 1 aliphatic heterocycles. The number of nitro groups is 1. The van der Waals surface area contributed by atoms with Crippen molar-refractivity contribution in [1.82, 2.24) is 5.32 Å². The zero-order valence-corrected chi connectivity index (χ0v) is 9.51. The normalized spacial score (nSPS) is 19.9. The summed E-state index contributed by atoms with van der Waals surface area (Å²) < 4.78 is 10.5. The van der Waals surface area contributed by atoms with Gasteiger partial charge in [-0.15, -0.1) is 0 Å². The highest BCUT2D eigenvalue weighted by Gasteiger charge is 2.21. The van der Waals surface area contributed by atoms with Crippen LogP contribution in [0.4, 0.5) is 5.69 Å². The number of nitrogens with one attached hydrogen (secondary N) is 1. The maximum atomic E-state index is 10.9. The van der Waals surface area contributed by atoms with Crippen LogP contribution in [-0.4, -0.2) is 31.7 Å². The molecule has 0 spiro atoms. The fraction of sp³-hybridized carbons (Fsp3) is 0.455. The molecule has 1 fully saturated rings. The first-order valence-electron chi connectivity index (χ1n) is 5.37. The van der Waals surface area contributed by atoms with Gasteiger partial charge in [0.05, 0.1) is 24.7 Å². The van der Waals surface area contributed by atoms with Crippen LogP contribution in [-0.2, 0) is 4.74 Å². The highest BCUT2D eigenvalue weighted by atomic mass is 16.6. The highest BCUT2D eigenvalue weighted by Crippen LogP contribution is 2.31. The van der Waals surface area contributed by atoms with E-state index >= 15 is 0 Å². The number of ether oxygens (including phenoxy) is 2. The lowest BCUT2D eigenvalue weighted by Gasteiger charge is -2.23. The average Bonchev–Trinajstić information content (AvgIpc) is 2.39. The molecule has 1 heterocycles. The first kappa shape index (κ1) is 11.8. The van der Waals surface area contributed by atoms with E-state index in [1.165, 1.54) is 13.2 Å². The molecule has 0 radical (unpaired) electrons. The summed E-state index contributed by atoms with van der Waals surface area (Å²) in [7, 11) is 1.42. The number of hydrogen-bond donors (Lipinski definition) is 1. The van der Waals surface area contributed by atoms with Gasteiger partial charge in [-0.3, -0.25) is 10.1 Å². The Kier molecular flexibility index (Phi) is 3.55.